The number of rotatable bonds is 8. The minimum Gasteiger partial charge on any atom is -0.390 e. The summed E-state index contributed by atoms with van der Waals surface area (Å²) >= 11 is 0. The van der Waals surface area contributed by atoms with Crippen molar-refractivity contribution < 1.29 is 22.7 Å². The number of aliphatic hydroxyl groups is 1. The molecule has 13 heteroatoms. The summed E-state index contributed by atoms with van der Waals surface area (Å²) in [5, 5.41) is 18.0. The topological polar surface area (TPSA) is 141 Å². The summed E-state index contributed by atoms with van der Waals surface area (Å²) in [7, 11) is -3.13. The van der Waals surface area contributed by atoms with Crippen LogP contribution < -0.4 is 20.4 Å². The SMILES string of the molecule is CC#CC(=O)Nc1cc(N2C[C@H](CS(C)(=O)=O)[C@H]2C)c2cnc(Nc3ccnc(N4CC[C@@H](O)[C@@](C)(F)C4)n3)cc2c1C(C)C. The molecule has 0 spiro atoms. The number of anilines is 5. The molecule has 1 amide bonds. The van der Waals surface area contributed by atoms with E-state index in [-0.39, 0.29) is 36.6 Å². The summed E-state index contributed by atoms with van der Waals surface area (Å²) < 4.78 is 38.9. The summed E-state index contributed by atoms with van der Waals surface area (Å²) in [6.07, 6.45) is 3.85. The summed E-state index contributed by atoms with van der Waals surface area (Å²) in [4.78, 5) is 30.1. The molecule has 1 aromatic carbocycles. The fourth-order valence-corrected chi connectivity index (χ4v) is 7.38. The third kappa shape index (κ3) is 6.97. The lowest BCUT2D eigenvalue weighted by Gasteiger charge is -2.48. The van der Waals surface area contributed by atoms with Crippen molar-refractivity contribution in [2.24, 2.45) is 5.92 Å². The Bertz CT molecular complexity index is 1790. The number of piperidine rings is 1. The van der Waals surface area contributed by atoms with Gasteiger partial charge < -0.3 is 25.5 Å². The highest BCUT2D eigenvalue weighted by molar-refractivity contribution is 7.90. The van der Waals surface area contributed by atoms with Crippen molar-refractivity contribution in [2.45, 2.75) is 64.8 Å². The number of nitrogens with one attached hydrogen (secondary N) is 2. The van der Waals surface area contributed by atoms with Crippen LogP contribution in [-0.2, 0) is 14.6 Å². The molecule has 11 nitrogen and oxygen atoms in total. The second-order valence-corrected chi connectivity index (χ2v) is 14.8. The van der Waals surface area contributed by atoms with E-state index in [1.165, 1.54) is 13.2 Å². The van der Waals surface area contributed by atoms with Crippen molar-refractivity contribution in [3.05, 3.63) is 36.2 Å². The minimum absolute atomic E-state index is 0.0110. The van der Waals surface area contributed by atoms with Crippen molar-refractivity contribution in [3.8, 4) is 11.8 Å². The number of nitrogens with zero attached hydrogens (tertiary/aromatic N) is 5. The first kappa shape index (κ1) is 32.4. The molecule has 0 unspecified atom stereocenters. The summed E-state index contributed by atoms with van der Waals surface area (Å²) in [5.74, 6) is 6.20. The number of amides is 1. The lowest BCUT2D eigenvalue weighted by Crippen LogP contribution is -2.57. The van der Waals surface area contributed by atoms with Gasteiger partial charge in [-0.2, -0.15) is 4.98 Å². The van der Waals surface area contributed by atoms with E-state index in [1.54, 1.807) is 30.3 Å². The summed E-state index contributed by atoms with van der Waals surface area (Å²) in [6, 6.07) is 5.50. The third-order valence-electron chi connectivity index (χ3n) is 8.59. The Morgan fingerprint density at radius 3 is 2.64 bits per heavy atom. The van der Waals surface area contributed by atoms with Gasteiger partial charge in [-0.15, -0.1) is 0 Å². The number of pyridine rings is 1. The molecule has 5 rings (SSSR count). The number of aromatic nitrogens is 3. The maximum Gasteiger partial charge on any atom is 0.300 e. The van der Waals surface area contributed by atoms with Gasteiger partial charge in [-0.25, -0.2) is 22.8 Å². The largest absolute Gasteiger partial charge is 0.390 e. The van der Waals surface area contributed by atoms with Crippen LogP contribution in [0.25, 0.3) is 10.8 Å². The molecule has 45 heavy (non-hydrogen) atoms. The van der Waals surface area contributed by atoms with Crippen LogP contribution in [0.15, 0.2) is 30.6 Å². The van der Waals surface area contributed by atoms with E-state index < -0.39 is 27.5 Å². The predicted molar refractivity (Wildman–Crippen MR) is 176 cm³/mol. The van der Waals surface area contributed by atoms with E-state index in [0.29, 0.717) is 36.4 Å². The Kier molecular flexibility index (Phi) is 8.92. The van der Waals surface area contributed by atoms with Crippen LogP contribution in [-0.4, -0.2) is 83.8 Å². The van der Waals surface area contributed by atoms with E-state index in [0.717, 1.165) is 22.0 Å². The van der Waals surface area contributed by atoms with Gasteiger partial charge in [0.1, 0.15) is 21.5 Å². The average Bonchev–Trinajstić information content (AvgIpc) is 2.95. The molecule has 2 fully saturated rings. The Labute approximate surface area is 263 Å². The maximum absolute atomic E-state index is 14.9. The maximum atomic E-state index is 14.9. The van der Waals surface area contributed by atoms with Gasteiger partial charge in [-0.3, -0.25) is 4.79 Å². The number of aliphatic hydroxyl groups excluding tert-OH is 1. The van der Waals surface area contributed by atoms with Gasteiger partial charge in [0, 0.05) is 60.5 Å². The standard InChI is InChI=1S/C32H40FN7O4S/c1-7-8-29(42)36-24-14-25(40-16-21(20(40)4)17-45(6,43)44)23-15-35-28(13-22(23)30(24)19(2)3)37-27-9-11-34-31(38-27)39-12-10-26(41)32(5,33)18-39/h9,11,13-15,19-21,26,41H,10,12,16-18H2,1-6H3,(H,36,42)(H,34,35,37,38)/t20-,21-,26-,32+/m1/s1. The molecule has 240 valence electrons. The molecule has 2 aliphatic heterocycles. The molecule has 0 radical (unpaired) electrons. The smallest absolute Gasteiger partial charge is 0.300 e. The number of fused-ring (bicyclic) bond motifs is 1. The molecular weight excluding hydrogens is 597 g/mol. The van der Waals surface area contributed by atoms with Crippen LogP contribution in [0, 0.1) is 17.8 Å². The van der Waals surface area contributed by atoms with Gasteiger partial charge in [0.25, 0.3) is 5.91 Å². The number of halogens is 1. The Hall–Kier alpha value is -4.02. The van der Waals surface area contributed by atoms with E-state index in [4.69, 9.17) is 4.98 Å². The zero-order chi connectivity index (χ0) is 32.7. The van der Waals surface area contributed by atoms with Crippen LogP contribution in [0.2, 0.25) is 0 Å². The zero-order valence-electron chi connectivity index (χ0n) is 26.4. The molecule has 0 saturated carbocycles. The number of carbonyl (C=O) groups is 1. The fourth-order valence-electron chi connectivity index (χ4n) is 6.21. The normalized spacial score (nSPS) is 23.4. The number of sulfone groups is 1. The van der Waals surface area contributed by atoms with Gasteiger partial charge in [0.05, 0.1) is 18.4 Å². The molecule has 0 bridgehead atoms. The lowest BCUT2D eigenvalue weighted by atomic mass is 9.88. The molecule has 3 aromatic rings. The Morgan fingerprint density at radius 2 is 2.00 bits per heavy atom. The Balaban J connectivity index is 1.53. The number of hydrogen-bond donors (Lipinski definition) is 3. The average molecular weight is 638 g/mol. The van der Waals surface area contributed by atoms with E-state index in [1.807, 2.05) is 32.9 Å². The summed E-state index contributed by atoms with van der Waals surface area (Å²) in [6.45, 7) is 10.0. The minimum atomic E-state index is -3.13. The van der Waals surface area contributed by atoms with Gasteiger partial charge >= 0.3 is 0 Å². The zero-order valence-corrected chi connectivity index (χ0v) is 27.2. The monoisotopic (exact) mass is 637 g/mol. The molecule has 0 aliphatic carbocycles. The van der Waals surface area contributed by atoms with Crippen LogP contribution in [0.5, 0.6) is 0 Å². The second-order valence-electron chi connectivity index (χ2n) is 12.6. The first-order valence-electron chi connectivity index (χ1n) is 15.0. The van der Waals surface area contributed by atoms with Gasteiger partial charge in [0.15, 0.2) is 5.67 Å². The quantitative estimate of drug-likeness (QED) is 0.310. The first-order chi connectivity index (χ1) is 21.2. The summed E-state index contributed by atoms with van der Waals surface area (Å²) in [5.41, 5.74) is 0.604. The number of hydrogen-bond acceptors (Lipinski definition) is 10. The second kappa shape index (κ2) is 12.4. The van der Waals surface area contributed by atoms with Crippen molar-refractivity contribution in [3.63, 3.8) is 0 Å². The number of alkyl halides is 1. The number of carbonyl (C=O) groups excluding carboxylic acids is 1. The van der Waals surface area contributed by atoms with Crippen molar-refractivity contribution in [1.82, 2.24) is 15.0 Å². The van der Waals surface area contributed by atoms with Crippen molar-refractivity contribution in [2.75, 3.05) is 52.1 Å². The van der Waals surface area contributed by atoms with Gasteiger partial charge in [-0.1, -0.05) is 19.8 Å². The van der Waals surface area contributed by atoms with E-state index in [9.17, 15) is 22.7 Å². The van der Waals surface area contributed by atoms with Crippen LogP contribution >= 0.6 is 0 Å². The van der Waals surface area contributed by atoms with Crippen LogP contribution in [0.1, 0.15) is 52.5 Å². The van der Waals surface area contributed by atoms with Crippen molar-refractivity contribution in [1.29, 1.82) is 0 Å². The molecule has 3 N–H and O–H groups in total. The van der Waals surface area contributed by atoms with Crippen LogP contribution in [0.3, 0.4) is 0 Å². The van der Waals surface area contributed by atoms with E-state index >= 15 is 0 Å². The third-order valence-corrected chi connectivity index (χ3v) is 9.62. The molecular formula is C32H40FN7O4S. The fraction of sp³-hybridized carbons (Fsp3) is 0.500. The number of benzene rings is 1. The predicted octanol–water partition coefficient (Wildman–Crippen LogP) is 4.02. The molecule has 4 heterocycles. The first-order valence-corrected chi connectivity index (χ1v) is 17.1. The van der Waals surface area contributed by atoms with Crippen molar-refractivity contribution >= 4 is 55.5 Å². The lowest BCUT2D eigenvalue weighted by molar-refractivity contribution is -0.111. The molecule has 2 aromatic heterocycles. The Morgan fingerprint density at radius 1 is 1.24 bits per heavy atom. The highest BCUT2D eigenvalue weighted by Crippen LogP contribution is 2.43. The highest BCUT2D eigenvalue weighted by Gasteiger charge is 2.40. The molecule has 2 aliphatic rings. The van der Waals surface area contributed by atoms with E-state index in [2.05, 4.69) is 37.3 Å². The van der Waals surface area contributed by atoms with Gasteiger partial charge in [0.2, 0.25) is 5.95 Å². The molecule has 2 saturated heterocycles. The van der Waals surface area contributed by atoms with Gasteiger partial charge in [-0.05, 0) is 68.2 Å². The van der Waals surface area contributed by atoms with Crippen LogP contribution in [0.4, 0.5) is 33.3 Å². The molecule has 4 atom stereocenters. The highest BCUT2D eigenvalue weighted by atomic mass is 32.2.